The van der Waals surface area contributed by atoms with Crippen LogP contribution in [0.2, 0.25) is 10.0 Å². The zero-order valence-corrected chi connectivity index (χ0v) is 23.3. The van der Waals surface area contributed by atoms with E-state index in [2.05, 4.69) is 21.2 Å². The lowest BCUT2D eigenvalue weighted by atomic mass is 10.1. The molecule has 0 aliphatic rings. The van der Waals surface area contributed by atoms with Crippen LogP contribution in [0.15, 0.2) is 46.9 Å². The summed E-state index contributed by atoms with van der Waals surface area (Å²) in [5.41, 5.74) is 0.786. The Labute approximate surface area is 219 Å². The van der Waals surface area contributed by atoms with Crippen molar-refractivity contribution in [3.63, 3.8) is 0 Å². The van der Waals surface area contributed by atoms with E-state index in [4.69, 9.17) is 23.2 Å². The van der Waals surface area contributed by atoms with Crippen LogP contribution in [0.5, 0.6) is 0 Å². The minimum absolute atomic E-state index is 0.0658. The highest BCUT2D eigenvalue weighted by molar-refractivity contribution is 9.10. The van der Waals surface area contributed by atoms with Crippen LogP contribution in [-0.4, -0.2) is 50.5 Å². The Morgan fingerprint density at radius 2 is 1.65 bits per heavy atom. The van der Waals surface area contributed by atoms with Gasteiger partial charge in [0.25, 0.3) is 0 Å². The van der Waals surface area contributed by atoms with Gasteiger partial charge in [-0.3, -0.25) is 13.9 Å². The van der Waals surface area contributed by atoms with Crippen molar-refractivity contribution in [3.05, 3.63) is 62.5 Å². The zero-order chi connectivity index (χ0) is 25.6. The van der Waals surface area contributed by atoms with Crippen molar-refractivity contribution in [2.24, 2.45) is 5.92 Å². The summed E-state index contributed by atoms with van der Waals surface area (Å²) in [6.45, 7) is 5.37. The van der Waals surface area contributed by atoms with Gasteiger partial charge in [-0.1, -0.05) is 65.1 Å². The van der Waals surface area contributed by atoms with Crippen molar-refractivity contribution in [2.75, 3.05) is 23.7 Å². The molecule has 34 heavy (non-hydrogen) atoms. The molecule has 2 rings (SSSR count). The Morgan fingerprint density at radius 3 is 2.18 bits per heavy atom. The maximum atomic E-state index is 13.5. The molecule has 7 nitrogen and oxygen atoms in total. The molecule has 0 unspecified atom stereocenters. The molecule has 11 heteroatoms. The first-order chi connectivity index (χ1) is 15.8. The lowest BCUT2D eigenvalue weighted by Crippen LogP contribution is -2.51. The summed E-state index contributed by atoms with van der Waals surface area (Å²) in [4.78, 5) is 27.6. The smallest absolute Gasteiger partial charge is 0.244 e. The monoisotopic (exact) mass is 591 g/mol. The Balaban J connectivity index is 2.43. The van der Waals surface area contributed by atoms with Gasteiger partial charge in [-0.05, 0) is 43.2 Å². The molecule has 0 aliphatic carbocycles. The highest BCUT2D eigenvalue weighted by atomic mass is 79.9. The van der Waals surface area contributed by atoms with Gasteiger partial charge in [0.05, 0.1) is 11.9 Å². The first-order valence-electron chi connectivity index (χ1n) is 10.5. The summed E-state index contributed by atoms with van der Waals surface area (Å²) in [6, 6.07) is 10.7. The van der Waals surface area contributed by atoms with Crippen LogP contribution in [0.25, 0.3) is 0 Å². The number of rotatable bonds is 10. The van der Waals surface area contributed by atoms with E-state index >= 15 is 0 Å². The van der Waals surface area contributed by atoms with Crippen molar-refractivity contribution >= 4 is 66.7 Å². The fourth-order valence-electron chi connectivity index (χ4n) is 3.13. The third-order valence-electron chi connectivity index (χ3n) is 5.02. The van der Waals surface area contributed by atoms with Crippen LogP contribution in [0.1, 0.15) is 26.3 Å². The van der Waals surface area contributed by atoms with E-state index in [1.54, 1.807) is 49.4 Å². The van der Waals surface area contributed by atoms with E-state index in [1.807, 2.05) is 13.8 Å². The predicted octanol–water partition coefficient (Wildman–Crippen LogP) is 4.71. The van der Waals surface area contributed by atoms with Gasteiger partial charge in [-0.25, -0.2) is 8.42 Å². The highest BCUT2D eigenvalue weighted by Crippen LogP contribution is 2.27. The summed E-state index contributed by atoms with van der Waals surface area (Å²) in [7, 11) is -3.81. The van der Waals surface area contributed by atoms with E-state index in [-0.39, 0.29) is 18.4 Å². The zero-order valence-electron chi connectivity index (χ0n) is 19.4. The number of anilines is 1. The van der Waals surface area contributed by atoms with Crippen LogP contribution in [-0.2, 0) is 26.2 Å². The van der Waals surface area contributed by atoms with Crippen LogP contribution < -0.4 is 9.62 Å². The molecule has 0 saturated carbocycles. The number of hydrogen-bond donors (Lipinski definition) is 1. The van der Waals surface area contributed by atoms with E-state index in [9.17, 15) is 18.0 Å². The lowest BCUT2D eigenvalue weighted by molar-refractivity contribution is -0.139. The summed E-state index contributed by atoms with van der Waals surface area (Å²) in [5, 5.41) is 3.50. The van der Waals surface area contributed by atoms with Crippen LogP contribution in [0, 0.1) is 5.92 Å². The third kappa shape index (κ3) is 7.86. The molecule has 0 saturated heterocycles. The molecule has 0 fully saturated rings. The van der Waals surface area contributed by atoms with Gasteiger partial charge in [-0.15, -0.1) is 0 Å². The second-order valence-corrected chi connectivity index (χ2v) is 11.9. The molecular formula is C23H28BrCl2N3O4S. The van der Waals surface area contributed by atoms with Gasteiger partial charge in [0, 0.05) is 33.2 Å². The first kappa shape index (κ1) is 28.4. The standard InChI is InChI=1S/C23H28BrCl2N3O4S/c1-15(2)12-27-23(31)16(3)28(13-19-20(25)9-6-10-21(19)26)22(30)14-29(34(4,32)33)18-8-5-7-17(24)11-18/h5-11,15-16H,12-14H2,1-4H3,(H,27,31)/t16-/m0/s1. The van der Waals surface area contributed by atoms with Gasteiger partial charge < -0.3 is 10.2 Å². The topological polar surface area (TPSA) is 86.8 Å². The molecule has 1 atom stereocenters. The number of amides is 2. The second kappa shape index (κ2) is 12.2. The normalized spacial score (nSPS) is 12.4. The molecule has 0 bridgehead atoms. The number of carbonyl (C=O) groups excluding carboxylic acids is 2. The molecule has 0 spiro atoms. The maximum absolute atomic E-state index is 13.5. The average molecular weight is 593 g/mol. The molecule has 0 radical (unpaired) electrons. The van der Waals surface area contributed by atoms with Crippen molar-refractivity contribution in [1.82, 2.24) is 10.2 Å². The predicted molar refractivity (Wildman–Crippen MR) is 141 cm³/mol. The van der Waals surface area contributed by atoms with Gasteiger partial charge >= 0.3 is 0 Å². The largest absolute Gasteiger partial charge is 0.354 e. The number of hydrogen-bond acceptors (Lipinski definition) is 4. The van der Waals surface area contributed by atoms with Crippen molar-refractivity contribution in [2.45, 2.75) is 33.4 Å². The molecule has 0 aliphatic heterocycles. The number of halogens is 3. The number of sulfonamides is 1. The van der Waals surface area contributed by atoms with Crippen molar-refractivity contribution in [1.29, 1.82) is 0 Å². The third-order valence-corrected chi connectivity index (χ3v) is 7.36. The quantitative estimate of drug-likeness (QED) is 0.433. The lowest BCUT2D eigenvalue weighted by Gasteiger charge is -2.32. The van der Waals surface area contributed by atoms with Crippen LogP contribution >= 0.6 is 39.1 Å². The first-order valence-corrected chi connectivity index (χ1v) is 13.9. The van der Waals surface area contributed by atoms with E-state index < -0.39 is 28.5 Å². The number of benzene rings is 2. The molecule has 186 valence electrons. The fourth-order valence-corrected chi connectivity index (χ4v) is 4.88. The summed E-state index contributed by atoms with van der Waals surface area (Å²) in [6.07, 6.45) is 1.02. The summed E-state index contributed by atoms with van der Waals surface area (Å²) < 4.78 is 26.8. The summed E-state index contributed by atoms with van der Waals surface area (Å²) in [5.74, 6) is -0.720. The Hall–Kier alpha value is -1.81. The second-order valence-electron chi connectivity index (χ2n) is 8.29. The number of carbonyl (C=O) groups is 2. The Morgan fingerprint density at radius 1 is 1.06 bits per heavy atom. The Kier molecular flexibility index (Phi) is 10.2. The minimum atomic E-state index is -3.81. The summed E-state index contributed by atoms with van der Waals surface area (Å²) >= 11 is 16.0. The van der Waals surface area contributed by atoms with Crippen LogP contribution in [0.4, 0.5) is 5.69 Å². The van der Waals surface area contributed by atoms with E-state index in [0.717, 1.165) is 10.6 Å². The highest BCUT2D eigenvalue weighted by Gasteiger charge is 2.31. The van der Waals surface area contributed by atoms with E-state index in [1.165, 1.54) is 4.90 Å². The van der Waals surface area contributed by atoms with E-state index in [0.29, 0.717) is 32.3 Å². The number of nitrogens with one attached hydrogen (secondary N) is 1. The van der Waals surface area contributed by atoms with Crippen molar-refractivity contribution in [3.8, 4) is 0 Å². The minimum Gasteiger partial charge on any atom is -0.354 e. The van der Waals surface area contributed by atoms with Gasteiger partial charge in [0.2, 0.25) is 21.8 Å². The molecule has 2 aromatic carbocycles. The molecule has 1 N–H and O–H groups in total. The molecule has 2 amide bonds. The van der Waals surface area contributed by atoms with Crippen LogP contribution in [0.3, 0.4) is 0 Å². The molecule has 0 aromatic heterocycles. The molecular weight excluding hydrogens is 565 g/mol. The Bertz CT molecular complexity index is 1120. The average Bonchev–Trinajstić information content (AvgIpc) is 2.74. The van der Waals surface area contributed by atoms with Crippen molar-refractivity contribution < 1.29 is 18.0 Å². The van der Waals surface area contributed by atoms with Gasteiger partial charge in [-0.2, -0.15) is 0 Å². The van der Waals surface area contributed by atoms with Gasteiger partial charge in [0.1, 0.15) is 12.6 Å². The number of nitrogens with zero attached hydrogens (tertiary/aromatic N) is 2. The van der Waals surface area contributed by atoms with Gasteiger partial charge in [0.15, 0.2) is 0 Å². The fraction of sp³-hybridized carbons (Fsp3) is 0.391. The molecule has 2 aromatic rings. The molecule has 0 heterocycles. The maximum Gasteiger partial charge on any atom is 0.244 e. The SMILES string of the molecule is CC(C)CNC(=O)[C@H](C)N(Cc1c(Cl)cccc1Cl)C(=O)CN(c1cccc(Br)c1)S(C)(=O)=O.